The molecule has 6 nitrogen and oxygen atoms in total. The summed E-state index contributed by atoms with van der Waals surface area (Å²) in [6.45, 7) is 3.23. The summed E-state index contributed by atoms with van der Waals surface area (Å²) in [6, 6.07) is 12.3. The number of amides is 2. The van der Waals surface area contributed by atoms with E-state index < -0.39 is 0 Å². The van der Waals surface area contributed by atoms with E-state index in [0.29, 0.717) is 35.7 Å². The number of rotatable bonds is 11. The first-order chi connectivity index (χ1) is 14.1. The lowest BCUT2D eigenvalue weighted by atomic mass is 10.1. The number of carbonyl (C=O) groups is 2. The van der Waals surface area contributed by atoms with Crippen LogP contribution >= 0.6 is 0 Å². The molecule has 0 atom stereocenters. The Labute approximate surface area is 172 Å². The van der Waals surface area contributed by atoms with E-state index in [1.165, 1.54) is 20.0 Å². The Morgan fingerprint density at radius 1 is 0.793 bits per heavy atom. The minimum atomic E-state index is -0.208. The standard InChI is InChI=1S/C23H30N2O4/c1-4-5-6-7-14-24-22(26)18-10-8-17(9-11-18)16-25-23(27)19-12-13-20(28-2)21(15-19)29-3/h8-13,15H,4-7,14,16H2,1-3H3,(H,24,26)(H,25,27). The van der Waals surface area contributed by atoms with Gasteiger partial charge >= 0.3 is 0 Å². The zero-order chi connectivity index (χ0) is 21.1. The summed E-state index contributed by atoms with van der Waals surface area (Å²) in [6.07, 6.45) is 4.51. The van der Waals surface area contributed by atoms with Gasteiger partial charge in [0.15, 0.2) is 11.5 Å². The van der Waals surface area contributed by atoms with Crippen molar-refractivity contribution in [3.05, 3.63) is 59.2 Å². The predicted octanol–water partition coefficient (Wildman–Crippen LogP) is 3.94. The Bertz CT molecular complexity index is 803. The van der Waals surface area contributed by atoms with Gasteiger partial charge in [-0.3, -0.25) is 9.59 Å². The number of ether oxygens (including phenoxy) is 2. The number of methoxy groups -OCH3 is 2. The monoisotopic (exact) mass is 398 g/mol. The van der Waals surface area contributed by atoms with Crippen LogP contribution in [0.5, 0.6) is 11.5 Å². The van der Waals surface area contributed by atoms with E-state index in [9.17, 15) is 9.59 Å². The van der Waals surface area contributed by atoms with E-state index in [4.69, 9.17) is 9.47 Å². The molecule has 0 spiro atoms. The molecule has 2 aromatic carbocycles. The average molecular weight is 399 g/mol. The average Bonchev–Trinajstić information content (AvgIpc) is 2.77. The smallest absolute Gasteiger partial charge is 0.251 e. The van der Waals surface area contributed by atoms with Crippen LogP contribution in [0.1, 0.15) is 58.9 Å². The molecule has 0 aliphatic carbocycles. The van der Waals surface area contributed by atoms with Gasteiger partial charge < -0.3 is 20.1 Å². The molecule has 29 heavy (non-hydrogen) atoms. The lowest BCUT2D eigenvalue weighted by Crippen LogP contribution is -2.25. The van der Waals surface area contributed by atoms with Crippen molar-refractivity contribution in [1.29, 1.82) is 0 Å². The van der Waals surface area contributed by atoms with Crippen LogP contribution in [0.2, 0.25) is 0 Å². The van der Waals surface area contributed by atoms with Crippen molar-refractivity contribution in [3.8, 4) is 11.5 Å². The molecule has 0 aliphatic heterocycles. The lowest BCUT2D eigenvalue weighted by Gasteiger charge is -2.10. The highest BCUT2D eigenvalue weighted by molar-refractivity contribution is 5.95. The summed E-state index contributed by atoms with van der Waals surface area (Å²) in [4.78, 5) is 24.5. The molecular formula is C23H30N2O4. The van der Waals surface area contributed by atoms with Crippen LogP contribution in [0.15, 0.2) is 42.5 Å². The third-order valence-electron chi connectivity index (χ3n) is 4.63. The molecule has 0 saturated carbocycles. The molecule has 156 valence electrons. The summed E-state index contributed by atoms with van der Waals surface area (Å²) >= 11 is 0. The Hall–Kier alpha value is -3.02. The molecule has 0 radical (unpaired) electrons. The summed E-state index contributed by atoms with van der Waals surface area (Å²) in [5.74, 6) is 0.802. The molecule has 0 fully saturated rings. The molecule has 0 bridgehead atoms. The topological polar surface area (TPSA) is 76.7 Å². The van der Waals surface area contributed by atoms with E-state index in [1.54, 1.807) is 37.4 Å². The van der Waals surface area contributed by atoms with Gasteiger partial charge in [-0.05, 0) is 42.3 Å². The predicted molar refractivity (Wildman–Crippen MR) is 114 cm³/mol. The van der Waals surface area contributed by atoms with Crippen LogP contribution in [0, 0.1) is 0 Å². The highest BCUT2D eigenvalue weighted by Crippen LogP contribution is 2.27. The molecule has 0 aromatic heterocycles. The van der Waals surface area contributed by atoms with E-state index in [1.807, 2.05) is 12.1 Å². The van der Waals surface area contributed by atoms with Crippen molar-refractivity contribution < 1.29 is 19.1 Å². The second-order valence-electron chi connectivity index (χ2n) is 6.77. The molecule has 2 aromatic rings. The summed E-state index contributed by atoms with van der Waals surface area (Å²) in [5.41, 5.74) is 2.02. The van der Waals surface area contributed by atoms with E-state index >= 15 is 0 Å². The quantitative estimate of drug-likeness (QED) is 0.562. The number of carbonyl (C=O) groups excluding carboxylic acids is 2. The van der Waals surface area contributed by atoms with Gasteiger partial charge in [-0.1, -0.05) is 38.3 Å². The molecule has 2 rings (SSSR count). The molecule has 2 N–H and O–H groups in total. The highest BCUT2D eigenvalue weighted by atomic mass is 16.5. The van der Waals surface area contributed by atoms with Crippen LogP contribution in [0.4, 0.5) is 0 Å². The maximum absolute atomic E-state index is 12.4. The van der Waals surface area contributed by atoms with E-state index in [2.05, 4.69) is 17.6 Å². The van der Waals surface area contributed by atoms with Gasteiger partial charge in [0.1, 0.15) is 0 Å². The summed E-state index contributed by atoms with van der Waals surface area (Å²) in [5, 5.41) is 5.81. The first-order valence-corrected chi connectivity index (χ1v) is 9.96. The SMILES string of the molecule is CCCCCCNC(=O)c1ccc(CNC(=O)c2ccc(OC)c(OC)c2)cc1. The van der Waals surface area contributed by atoms with E-state index in [0.717, 1.165) is 18.4 Å². The minimum Gasteiger partial charge on any atom is -0.493 e. The molecule has 0 unspecified atom stereocenters. The molecule has 0 saturated heterocycles. The zero-order valence-corrected chi connectivity index (χ0v) is 17.4. The second-order valence-corrected chi connectivity index (χ2v) is 6.77. The van der Waals surface area contributed by atoms with Gasteiger partial charge in [-0.15, -0.1) is 0 Å². The molecule has 2 amide bonds. The summed E-state index contributed by atoms with van der Waals surface area (Å²) in [7, 11) is 3.08. The Morgan fingerprint density at radius 3 is 2.10 bits per heavy atom. The Balaban J connectivity index is 1.85. The molecular weight excluding hydrogens is 368 g/mol. The van der Waals surface area contributed by atoms with Crippen molar-refractivity contribution in [2.45, 2.75) is 39.2 Å². The molecule has 0 aliphatic rings. The fourth-order valence-corrected chi connectivity index (χ4v) is 2.89. The van der Waals surface area contributed by atoms with Gasteiger partial charge in [0, 0.05) is 24.2 Å². The number of unbranched alkanes of at least 4 members (excludes halogenated alkanes) is 3. The second kappa shape index (κ2) is 11.7. The number of benzene rings is 2. The number of hydrogen-bond acceptors (Lipinski definition) is 4. The van der Waals surface area contributed by atoms with Crippen molar-refractivity contribution in [2.75, 3.05) is 20.8 Å². The van der Waals surface area contributed by atoms with Crippen LogP contribution in [-0.4, -0.2) is 32.6 Å². The van der Waals surface area contributed by atoms with Gasteiger partial charge in [0.05, 0.1) is 14.2 Å². The zero-order valence-electron chi connectivity index (χ0n) is 17.4. The van der Waals surface area contributed by atoms with Crippen molar-refractivity contribution in [2.24, 2.45) is 0 Å². The fraction of sp³-hybridized carbons (Fsp3) is 0.391. The van der Waals surface area contributed by atoms with Crippen molar-refractivity contribution in [3.63, 3.8) is 0 Å². The lowest BCUT2D eigenvalue weighted by molar-refractivity contribution is 0.0942. The van der Waals surface area contributed by atoms with Crippen LogP contribution in [-0.2, 0) is 6.54 Å². The molecule has 6 heteroatoms. The third kappa shape index (κ3) is 6.82. The highest BCUT2D eigenvalue weighted by Gasteiger charge is 2.11. The number of hydrogen-bond donors (Lipinski definition) is 2. The third-order valence-corrected chi connectivity index (χ3v) is 4.63. The van der Waals surface area contributed by atoms with Gasteiger partial charge in [0.2, 0.25) is 0 Å². The van der Waals surface area contributed by atoms with Crippen molar-refractivity contribution in [1.82, 2.24) is 10.6 Å². The van der Waals surface area contributed by atoms with Gasteiger partial charge in [-0.2, -0.15) is 0 Å². The molecule has 0 heterocycles. The van der Waals surface area contributed by atoms with Gasteiger partial charge in [-0.25, -0.2) is 0 Å². The first kappa shape index (κ1) is 22.3. The largest absolute Gasteiger partial charge is 0.493 e. The van der Waals surface area contributed by atoms with Crippen LogP contribution in [0.3, 0.4) is 0 Å². The maximum Gasteiger partial charge on any atom is 0.251 e. The normalized spacial score (nSPS) is 10.3. The van der Waals surface area contributed by atoms with Crippen LogP contribution in [0.25, 0.3) is 0 Å². The number of nitrogens with one attached hydrogen (secondary N) is 2. The van der Waals surface area contributed by atoms with E-state index in [-0.39, 0.29) is 11.8 Å². The Kier molecular flexibility index (Phi) is 9.02. The minimum absolute atomic E-state index is 0.0672. The van der Waals surface area contributed by atoms with Crippen LogP contribution < -0.4 is 20.1 Å². The Morgan fingerprint density at radius 2 is 1.45 bits per heavy atom. The maximum atomic E-state index is 12.4. The summed E-state index contributed by atoms with van der Waals surface area (Å²) < 4.78 is 10.4. The fourth-order valence-electron chi connectivity index (χ4n) is 2.89. The van der Waals surface area contributed by atoms with Crippen molar-refractivity contribution >= 4 is 11.8 Å². The first-order valence-electron chi connectivity index (χ1n) is 9.96. The van der Waals surface area contributed by atoms with Gasteiger partial charge in [0.25, 0.3) is 11.8 Å².